The molecule has 1 aliphatic heterocycles. The molecular formula is C23H25F3N2O4. The van der Waals surface area contributed by atoms with E-state index >= 15 is 0 Å². The van der Waals surface area contributed by atoms with Gasteiger partial charge in [-0.3, -0.25) is 9.59 Å². The van der Waals surface area contributed by atoms with Crippen LogP contribution < -0.4 is 10.1 Å². The van der Waals surface area contributed by atoms with Gasteiger partial charge >= 0.3 is 6.36 Å². The Balaban J connectivity index is 1.78. The molecule has 3 rings (SSSR count). The van der Waals surface area contributed by atoms with Gasteiger partial charge in [-0.05, 0) is 43.2 Å². The van der Waals surface area contributed by atoms with Crippen molar-refractivity contribution in [3.05, 3.63) is 65.7 Å². The fourth-order valence-corrected chi connectivity index (χ4v) is 3.78. The maximum absolute atomic E-state index is 12.8. The molecule has 1 fully saturated rings. The van der Waals surface area contributed by atoms with Gasteiger partial charge in [-0.25, -0.2) is 0 Å². The molecule has 1 saturated heterocycles. The van der Waals surface area contributed by atoms with Crippen molar-refractivity contribution in [2.45, 2.75) is 37.8 Å². The van der Waals surface area contributed by atoms with Crippen LogP contribution in [0.1, 0.15) is 35.2 Å². The van der Waals surface area contributed by atoms with Crippen molar-refractivity contribution >= 4 is 11.8 Å². The Morgan fingerprint density at radius 2 is 1.72 bits per heavy atom. The Morgan fingerprint density at radius 1 is 1.06 bits per heavy atom. The summed E-state index contributed by atoms with van der Waals surface area (Å²) in [5.41, 5.74) is 1.26. The van der Waals surface area contributed by atoms with E-state index in [-0.39, 0.29) is 29.5 Å². The van der Waals surface area contributed by atoms with Crippen molar-refractivity contribution in [1.82, 2.24) is 10.2 Å². The van der Waals surface area contributed by atoms with Gasteiger partial charge in [0, 0.05) is 37.7 Å². The number of amides is 2. The highest BCUT2D eigenvalue weighted by Crippen LogP contribution is 2.30. The van der Waals surface area contributed by atoms with E-state index < -0.39 is 12.5 Å². The summed E-state index contributed by atoms with van der Waals surface area (Å²) >= 11 is 0. The van der Waals surface area contributed by atoms with E-state index in [0.29, 0.717) is 25.1 Å². The zero-order valence-electron chi connectivity index (χ0n) is 17.8. The van der Waals surface area contributed by atoms with Crippen LogP contribution in [0.3, 0.4) is 0 Å². The van der Waals surface area contributed by atoms with E-state index in [9.17, 15) is 22.8 Å². The van der Waals surface area contributed by atoms with Gasteiger partial charge < -0.3 is 19.7 Å². The van der Waals surface area contributed by atoms with Crippen LogP contribution in [0.15, 0.2) is 54.6 Å². The number of rotatable bonds is 6. The number of carbonyl (C=O) groups excluding carboxylic acids is 2. The molecule has 2 amide bonds. The summed E-state index contributed by atoms with van der Waals surface area (Å²) in [7, 11) is 1.44. The molecule has 172 valence electrons. The van der Waals surface area contributed by atoms with Gasteiger partial charge in [-0.15, -0.1) is 13.2 Å². The lowest BCUT2D eigenvalue weighted by molar-refractivity contribution is -0.274. The summed E-state index contributed by atoms with van der Waals surface area (Å²) in [6.07, 6.45) is -4.89. The molecule has 3 atom stereocenters. The van der Waals surface area contributed by atoms with Crippen molar-refractivity contribution in [2.75, 3.05) is 20.2 Å². The third kappa shape index (κ3) is 6.23. The SMILES string of the molecule is CO[C@H](C)C(=O)N1CC(NC(=O)c2ccccc2)CC(c2ccc(OC(F)(F)F)cc2)C1. The van der Waals surface area contributed by atoms with Crippen molar-refractivity contribution < 1.29 is 32.2 Å². The number of halogens is 3. The number of nitrogens with one attached hydrogen (secondary N) is 1. The van der Waals surface area contributed by atoms with Gasteiger partial charge in [0.05, 0.1) is 0 Å². The van der Waals surface area contributed by atoms with Gasteiger partial charge in [-0.2, -0.15) is 0 Å². The summed E-state index contributed by atoms with van der Waals surface area (Å²) < 4.78 is 46.4. The minimum Gasteiger partial charge on any atom is -0.406 e. The number of hydrogen-bond acceptors (Lipinski definition) is 4. The summed E-state index contributed by atoms with van der Waals surface area (Å²) in [5, 5.41) is 2.97. The Kier molecular flexibility index (Phi) is 7.40. The van der Waals surface area contributed by atoms with Gasteiger partial charge in [0.15, 0.2) is 0 Å². The fraction of sp³-hybridized carbons (Fsp3) is 0.391. The van der Waals surface area contributed by atoms with Gasteiger partial charge in [0.25, 0.3) is 11.8 Å². The lowest BCUT2D eigenvalue weighted by atomic mass is 9.87. The Morgan fingerprint density at radius 3 is 2.31 bits per heavy atom. The van der Waals surface area contributed by atoms with Crippen LogP contribution in [0.5, 0.6) is 5.75 Å². The molecule has 0 saturated carbocycles. The standard InChI is InChI=1S/C23H25F3N2O4/c1-15(31-2)22(30)28-13-18(16-8-10-20(11-9-16)32-23(24,25)26)12-19(14-28)27-21(29)17-6-4-3-5-7-17/h3-11,15,18-19H,12-14H2,1-2H3,(H,27,29)/t15-,18?,19?/m1/s1. The minimum absolute atomic E-state index is 0.183. The lowest BCUT2D eigenvalue weighted by Gasteiger charge is -2.39. The molecule has 1 heterocycles. The molecule has 0 aromatic heterocycles. The molecule has 0 aliphatic carbocycles. The maximum Gasteiger partial charge on any atom is 0.573 e. The molecule has 1 N–H and O–H groups in total. The number of nitrogens with zero attached hydrogens (tertiary/aromatic N) is 1. The largest absolute Gasteiger partial charge is 0.573 e. The topological polar surface area (TPSA) is 67.9 Å². The summed E-state index contributed by atoms with van der Waals surface area (Å²) in [6, 6.07) is 14.0. The molecule has 9 heteroatoms. The molecule has 2 unspecified atom stereocenters. The minimum atomic E-state index is -4.77. The van der Waals surface area contributed by atoms with E-state index in [1.807, 2.05) is 6.07 Å². The monoisotopic (exact) mass is 450 g/mol. The highest BCUT2D eigenvalue weighted by Gasteiger charge is 2.34. The molecule has 6 nitrogen and oxygen atoms in total. The van der Waals surface area contributed by atoms with Crippen LogP contribution in [0, 0.1) is 0 Å². The van der Waals surface area contributed by atoms with Gasteiger partial charge in [0.1, 0.15) is 11.9 Å². The molecule has 0 radical (unpaired) electrons. The maximum atomic E-state index is 12.8. The normalized spacial score (nSPS) is 19.8. The van der Waals surface area contributed by atoms with E-state index in [0.717, 1.165) is 5.56 Å². The van der Waals surface area contributed by atoms with Crippen LogP contribution in [0.2, 0.25) is 0 Å². The Bertz CT molecular complexity index is 919. The summed E-state index contributed by atoms with van der Waals surface area (Å²) in [6.45, 7) is 2.33. The van der Waals surface area contributed by atoms with E-state index in [2.05, 4.69) is 10.1 Å². The number of ether oxygens (including phenoxy) is 2. The summed E-state index contributed by atoms with van der Waals surface area (Å²) in [4.78, 5) is 27.0. The third-order valence-corrected chi connectivity index (χ3v) is 5.42. The van der Waals surface area contributed by atoms with Crippen LogP contribution in [0.25, 0.3) is 0 Å². The second kappa shape index (κ2) is 10.0. The van der Waals surface area contributed by atoms with Crippen molar-refractivity contribution in [1.29, 1.82) is 0 Å². The smallest absolute Gasteiger partial charge is 0.406 e. The van der Waals surface area contributed by atoms with E-state index in [1.54, 1.807) is 48.2 Å². The molecular weight excluding hydrogens is 425 g/mol. The first-order chi connectivity index (χ1) is 15.2. The molecule has 0 spiro atoms. The van der Waals surface area contributed by atoms with Crippen LogP contribution in [-0.4, -0.2) is 55.4 Å². The number of methoxy groups -OCH3 is 1. The van der Waals surface area contributed by atoms with Crippen molar-refractivity contribution in [3.8, 4) is 5.75 Å². The number of carbonyl (C=O) groups is 2. The molecule has 2 aromatic carbocycles. The van der Waals surface area contributed by atoms with Crippen molar-refractivity contribution in [2.24, 2.45) is 0 Å². The first kappa shape index (κ1) is 23.6. The molecule has 1 aliphatic rings. The number of alkyl halides is 3. The predicted octanol–water partition coefficient (Wildman–Crippen LogP) is 3.73. The zero-order valence-corrected chi connectivity index (χ0v) is 17.8. The van der Waals surface area contributed by atoms with E-state index in [1.165, 1.54) is 19.2 Å². The number of likely N-dealkylation sites (tertiary alicyclic amines) is 1. The lowest BCUT2D eigenvalue weighted by Crippen LogP contribution is -2.54. The number of hydrogen-bond donors (Lipinski definition) is 1. The highest BCUT2D eigenvalue weighted by molar-refractivity contribution is 5.94. The van der Waals surface area contributed by atoms with Gasteiger partial charge in [0.2, 0.25) is 0 Å². The molecule has 0 bridgehead atoms. The fourth-order valence-electron chi connectivity index (χ4n) is 3.78. The second-order valence-electron chi connectivity index (χ2n) is 7.71. The number of benzene rings is 2. The molecule has 2 aromatic rings. The summed E-state index contributed by atoms with van der Waals surface area (Å²) in [5.74, 6) is -0.963. The average Bonchev–Trinajstić information content (AvgIpc) is 2.77. The molecule has 32 heavy (non-hydrogen) atoms. The van der Waals surface area contributed by atoms with Crippen LogP contribution in [0.4, 0.5) is 13.2 Å². The predicted molar refractivity (Wildman–Crippen MR) is 111 cm³/mol. The Labute approximate surface area is 184 Å². The van der Waals surface area contributed by atoms with Gasteiger partial charge in [-0.1, -0.05) is 30.3 Å². The first-order valence-electron chi connectivity index (χ1n) is 10.2. The third-order valence-electron chi connectivity index (χ3n) is 5.42. The highest BCUT2D eigenvalue weighted by atomic mass is 19.4. The van der Waals surface area contributed by atoms with Crippen LogP contribution >= 0.6 is 0 Å². The van der Waals surface area contributed by atoms with Crippen molar-refractivity contribution in [3.63, 3.8) is 0 Å². The first-order valence-corrected chi connectivity index (χ1v) is 10.2. The average molecular weight is 450 g/mol. The zero-order chi connectivity index (χ0) is 23.3. The quantitative estimate of drug-likeness (QED) is 0.728. The van der Waals surface area contributed by atoms with Crippen LogP contribution in [-0.2, 0) is 9.53 Å². The number of piperidine rings is 1. The van der Waals surface area contributed by atoms with E-state index in [4.69, 9.17) is 4.74 Å². The Hall–Kier alpha value is -3.07. The second-order valence-corrected chi connectivity index (χ2v) is 7.71.